The molecule has 0 unspecified atom stereocenters. The van der Waals surface area contributed by atoms with Crippen LogP contribution < -0.4 is 4.53 Å². The molecule has 0 aromatic heterocycles. The van der Waals surface area contributed by atoms with Crippen molar-refractivity contribution < 1.29 is 4.79 Å². The van der Waals surface area contributed by atoms with Gasteiger partial charge in [0.15, 0.2) is 5.78 Å². The maximum absolute atomic E-state index is 10.9. The molecule has 15 heavy (non-hydrogen) atoms. The number of hydrogen-bond donors (Lipinski definition) is 0. The van der Waals surface area contributed by atoms with Gasteiger partial charge in [-0.2, -0.15) is 9.79 Å². The number of anilines is 1. The monoisotopic (exact) mass is 221 g/mol. The van der Waals surface area contributed by atoms with E-state index in [1.807, 2.05) is 6.07 Å². The normalized spacial score (nSPS) is 10.6. The van der Waals surface area contributed by atoms with Crippen molar-refractivity contribution in [1.29, 1.82) is 5.26 Å². The minimum Gasteiger partial charge on any atom is -0.292 e. The Bertz CT molecular complexity index is 422. The van der Waals surface area contributed by atoms with Crippen molar-refractivity contribution in [2.24, 2.45) is 5.10 Å². The highest BCUT2D eigenvalue weighted by molar-refractivity contribution is 6.46. The Morgan fingerprint density at radius 2 is 2.07 bits per heavy atom. The van der Waals surface area contributed by atoms with Crippen molar-refractivity contribution in [3.63, 3.8) is 0 Å². The Labute approximate surface area is 92.5 Å². The summed E-state index contributed by atoms with van der Waals surface area (Å²) in [7, 11) is 0. The molecule has 0 aliphatic carbocycles. The number of carbonyl (C=O) groups is 1. The summed E-state index contributed by atoms with van der Waals surface area (Å²) in [5.41, 5.74) is 0.363. The molecule has 0 aliphatic heterocycles. The molecule has 0 spiro atoms. The average molecular weight is 222 g/mol. The van der Waals surface area contributed by atoms with Crippen LogP contribution in [0.4, 0.5) is 5.69 Å². The van der Waals surface area contributed by atoms with Crippen LogP contribution in [0.15, 0.2) is 35.4 Å². The molecule has 5 heteroatoms. The van der Waals surface area contributed by atoms with Crippen molar-refractivity contribution in [2.45, 2.75) is 6.92 Å². The highest BCUT2D eigenvalue weighted by atomic mass is 35.5. The van der Waals surface area contributed by atoms with Crippen LogP contribution >= 0.6 is 11.8 Å². The molecule has 0 bridgehead atoms. The first-order valence-corrected chi connectivity index (χ1v) is 4.49. The zero-order valence-electron chi connectivity index (χ0n) is 8.01. The molecule has 0 fully saturated rings. The number of ketones is 1. The summed E-state index contributed by atoms with van der Waals surface area (Å²) in [6, 6.07) is 10.5. The lowest BCUT2D eigenvalue weighted by atomic mass is 10.3. The molecule has 0 saturated heterocycles. The van der Waals surface area contributed by atoms with Crippen LogP contribution in [0.25, 0.3) is 0 Å². The number of benzene rings is 1. The highest BCUT2D eigenvalue weighted by Crippen LogP contribution is 2.15. The van der Waals surface area contributed by atoms with E-state index in [0.29, 0.717) is 5.69 Å². The Morgan fingerprint density at radius 3 is 2.53 bits per heavy atom. The second kappa shape index (κ2) is 5.13. The molecule has 0 N–H and O–H groups in total. The first kappa shape index (κ1) is 11.2. The van der Waals surface area contributed by atoms with E-state index >= 15 is 0 Å². The lowest BCUT2D eigenvalue weighted by Crippen LogP contribution is -2.13. The molecular weight excluding hydrogens is 214 g/mol. The van der Waals surface area contributed by atoms with Gasteiger partial charge < -0.3 is 0 Å². The van der Waals surface area contributed by atoms with Gasteiger partial charge >= 0.3 is 0 Å². The van der Waals surface area contributed by atoms with Crippen LogP contribution in [0, 0.1) is 11.3 Å². The minimum absolute atomic E-state index is 0.228. The number of rotatable bonds is 3. The topological polar surface area (TPSA) is 56.5 Å². The summed E-state index contributed by atoms with van der Waals surface area (Å²) in [5.74, 6) is -0.418. The third-order valence-electron chi connectivity index (χ3n) is 1.60. The van der Waals surface area contributed by atoms with Gasteiger partial charge in [-0.1, -0.05) is 18.2 Å². The SMILES string of the molecule is CC(=O)C(C#N)=NN(Cl)c1ccccc1. The Balaban J connectivity index is 2.93. The minimum atomic E-state index is -0.418. The van der Waals surface area contributed by atoms with Gasteiger partial charge in [-0.25, -0.2) is 0 Å². The summed E-state index contributed by atoms with van der Waals surface area (Å²) in [6.45, 7) is 1.26. The van der Waals surface area contributed by atoms with E-state index in [4.69, 9.17) is 17.0 Å². The van der Waals surface area contributed by atoms with E-state index in [2.05, 4.69) is 5.10 Å². The second-order valence-corrected chi connectivity index (χ2v) is 3.03. The predicted octanol–water partition coefficient (Wildman–Crippen LogP) is 2.12. The number of carbonyl (C=O) groups excluding carboxylic acids is 1. The van der Waals surface area contributed by atoms with Gasteiger partial charge in [0.1, 0.15) is 6.07 Å². The molecular formula is C10H8ClN3O. The number of hydrogen-bond acceptors (Lipinski definition) is 4. The zero-order valence-corrected chi connectivity index (χ0v) is 8.77. The number of halogens is 1. The van der Waals surface area contributed by atoms with E-state index in [-0.39, 0.29) is 5.71 Å². The van der Waals surface area contributed by atoms with Crippen LogP contribution in [-0.2, 0) is 4.79 Å². The second-order valence-electron chi connectivity index (χ2n) is 2.71. The summed E-state index contributed by atoms with van der Waals surface area (Å²) in [5, 5.41) is 12.3. The van der Waals surface area contributed by atoms with Gasteiger partial charge in [-0.15, -0.1) is 5.10 Å². The number of hydrazone groups is 1. The summed E-state index contributed by atoms with van der Waals surface area (Å²) < 4.78 is 0.972. The van der Waals surface area contributed by atoms with Gasteiger partial charge in [0.05, 0.1) is 5.69 Å². The van der Waals surface area contributed by atoms with Crippen LogP contribution in [0.3, 0.4) is 0 Å². The van der Waals surface area contributed by atoms with Crippen LogP contribution in [0.5, 0.6) is 0 Å². The van der Waals surface area contributed by atoms with Gasteiger partial charge in [0, 0.05) is 18.7 Å². The maximum atomic E-state index is 10.9. The molecule has 0 heterocycles. The first-order valence-electron chi connectivity index (χ1n) is 4.15. The Kier molecular flexibility index (Phi) is 3.83. The fraction of sp³-hybridized carbons (Fsp3) is 0.100. The Hall–Kier alpha value is -1.86. The van der Waals surface area contributed by atoms with Crippen molar-refractivity contribution in [3.05, 3.63) is 30.3 Å². The quantitative estimate of drug-likeness (QED) is 0.446. The molecule has 4 nitrogen and oxygen atoms in total. The van der Waals surface area contributed by atoms with E-state index in [1.54, 1.807) is 30.3 Å². The molecule has 1 aromatic rings. The molecule has 0 saturated carbocycles. The number of para-hydroxylation sites is 1. The molecule has 1 aromatic carbocycles. The van der Waals surface area contributed by atoms with E-state index in [0.717, 1.165) is 4.53 Å². The lowest BCUT2D eigenvalue weighted by molar-refractivity contribution is -0.110. The summed E-state index contributed by atoms with van der Waals surface area (Å²) >= 11 is 5.77. The fourth-order valence-electron chi connectivity index (χ4n) is 0.868. The smallest absolute Gasteiger partial charge is 0.204 e. The average Bonchev–Trinajstić information content (AvgIpc) is 2.26. The largest absolute Gasteiger partial charge is 0.292 e. The summed E-state index contributed by atoms with van der Waals surface area (Å²) in [4.78, 5) is 10.9. The highest BCUT2D eigenvalue weighted by Gasteiger charge is 2.07. The van der Waals surface area contributed by atoms with Gasteiger partial charge in [0.2, 0.25) is 5.71 Å². The van der Waals surface area contributed by atoms with Crippen molar-refractivity contribution in [3.8, 4) is 6.07 Å². The zero-order chi connectivity index (χ0) is 11.3. The van der Waals surface area contributed by atoms with Gasteiger partial charge in [-0.3, -0.25) is 4.79 Å². The van der Waals surface area contributed by atoms with E-state index in [9.17, 15) is 4.79 Å². The van der Waals surface area contributed by atoms with Crippen LogP contribution in [-0.4, -0.2) is 11.5 Å². The van der Waals surface area contributed by atoms with Gasteiger partial charge in [-0.05, 0) is 12.1 Å². The molecule has 76 valence electrons. The van der Waals surface area contributed by atoms with Crippen molar-refractivity contribution >= 4 is 29.0 Å². The molecule has 0 aliphatic rings. The van der Waals surface area contributed by atoms with E-state index in [1.165, 1.54) is 6.92 Å². The fourth-order valence-corrected chi connectivity index (χ4v) is 1.06. The molecule has 0 atom stereocenters. The number of nitriles is 1. The maximum Gasteiger partial charge on any atom is 0.204 e. The third-order valence-corrected chi connectivity index (χ3v) is 1.87. The molecule has 1 rings (SSSR count). The van der Waals surface area contributed by atoms with E-state index < -0.39 is 5.78 Å². The van der Waals surface area contributed by atoms with Gasteiger partial charge in [0.25, 0.3) is 0 Å². The molecule has 0 radical (unpaired) electrons. The number of Topliss-reactive ketones (excluding diaryl/α,β-unsaturated/α-hetero) is 1. The third kappa shape index (κ3) is 3.08. The Morgan fingerprint density at radius 1 is 1.47 bits per heavy atom. The first-order chi connectivity index (χ1) is 7.15. The number of nitrogens with zero attached hydrogens (tertiary/aromatic N) is 3. The molecule has 0 amide bonds. The van der Waals surface area contributed by atoms with Crippen molar-refractivity contribution in [2.75, 3.05) is 4.53 Å². The van der Waals surface area contributed by atoms with Crippen molar-refractivity contribution in [1.82, 2.24) is 0 Å². The standard InChI is InChI=1S/C10H8ClN3O/c1-8(15)10(7-12)13-14(11)9-5-3-2-4-6-9/h2-6H,1H3. The van der Waals surface area contributed by atoms with Crippen LogP contribution in [0.2, 0.25) is 0 Å². The summed E-state index contributed by atoms with van der Waals surface area (Å²) in [6.07, 6.45) is 0. The lowest BCUT2D eigenvalue weighted by Gasteiger charge is -2.08. The van der Waals surface area contributed by atoms with Crippen LogP contribution in [0.1, 0.15) is 6.92 Å². The predicted molar refractivity (Wildman–Crippen MR) is 58.5 cm³/mol.